The molecule has 0 spiro atoms. The summed E-state index contributed by atoms with van der Waals surface area (Å²) in [5, 5.41) is 9.23. The highest BCUT2D eigenvalue weighted by atomic mass is 19.4. The number of halogens is 3. The van der Waals surface area contributed by atoms with Gasteiger partial charge in [-0.25, -0.2) is 0 Å². The summed E-state index contributed by atoms with van der Waals surface area (Å²) in [6.07, 6.45) is -4.59. The SMILES string of the molecule is COc1ccc(O)c([C@H](N)C(F)(F)F)c1. The topological polar surface area (TPSA) is 55.5 Å². The van der Waals surface area contributed by atoms with Crippen LogP contribution in [0.25, 0.3) is 0 Å². The van der Waals surface area contributed by atoms with Gasteiger partial charge in [0.05, 0.1) is 7.11 Å². The van der Waals surface area contributed by atoms with Gasteiger partial charge in [-0.3, -0.25) is 0 Å². The molecule has 1 rings (SSSR count). The van der Waals surface area contributed by atoms with Crippen molar-refractivity contribution in [1.29, 1.82) is 0 Å². The summed E-state index contributed by atoms with van der Waals surface area (Å²) < 4.78 is 41.6. The summed E-state index contributed by atoms with van der Waals surface area (Å²) in [7, 11) is 1.31. The molecule has 0 aromatic heterocycles. The second-order valence-corrected chi connectivity index (χ2v) is 2.94. The van der Waals surface area contributed by atoms with Crippen molar-refractivity contribution in [2.45, 2.75) is 12.2 Å². The number of aromatic hydroxyl groups is 1. The molecule has 0 amide bonds. The maximum atomic E-state index is 12.3. The Bertz CT molecular complexity index is 352. The van der Waals surface area contributed by atoms with Gasteiger partial charge in [0.1, 0.15) is 17.5 Å². The van der Waals surface area contributed by atoms with Crippen molar-refractivity contribution >= 4 is 0 Å². The summed E-state index contributed by atoms with van der Waals surface area (Å²) >= 11 is 0. The van der Waals surface area contributed by atoms with Gasteiger partial charge in [-0.1, -0.05) is 0 Å². The Labute approximate surface area is 84.3 Å². The molecule has 3 N–H and O–H groups in total. The molecule has 3 nitrogen and oxygen atoms in total. The van der Waals surface area contributed by atoms with E-state index in [1.807, 2.05) is 0 Å². The van der Waals surface area contributed by atoms with Gasteiger partial charge in [0.15, 0.2) is 0 Å². The van der Waals surface area contributed by atoms with Crippen molar-refractivity contribution in [3.05, 3.63) is 23.8 Å². The fourth-order valence-electron chi connectivity index (χ4n) is 1.09. The maximum absolute atomic E-state index is 12.3. The van der Waals surface area contributed by atoms with E-state index in [1.165, 1.54) is 13.2 Å². The number of methoxy groups -OCH3 is 1. The van der Waals surface area contributed by atoms with Crippen LogP contribution in [0.3, 0.4) is 0 Å². The zero-order valence-electron chi connectivity index (χ0n) is 7.88. The van der Waals surface area contributed by atoms with Crippen LogP contribution in [0, 0.1) is 0 Å². The van der Waals surface area contributed by atoms with E-state index in [4.69, 9.17) is 10.5 Å². The first kappa shape index (κ1) is 11.6. The molecule has 1 aromatic carbocycles. The summed E-state index contributed by atoms with van der Waals surface area (Å²) in [6.45, 7) is 0. The fraction of sp³-hybridized carbons (Fsp3) is 0.333. The molecular formula is C9H10F3NO2. The fourth-order valence-corrected chi connectivity index (χ4v) is 1.09. The number of alkyl halides is 3. The maximum Gasteiger partial charge on any atom is 0.407 e. The van der Waals surface area contributed by atoms with Crippen molar-refractivity contribution in [2.75, 3.05) is 7.11 Å². The van der Waals surface area contributed by atoms with E-state index in [0.29, 0.717) is 0 Å². The number of nitrogens with two attached hydrogens (primary N) is 1. The number of hydrogen-bond donors (Lipinski definition) is 2. The molecule has 84 valence electrons. The molecule has 1 atom stereocenters. The summed E-state index contributed by atoms with van der Waals surface area (Å²) in [4.78, 5) is 0. The number of rotatable bonds is 2. The lowest BCUT2D eigenvalue weighted by molar-refractivity contribution is -0.149. The number of phenolic OH excluding ortho intramolecular Hbond substituents is 1. The Kier molecular flexibility index (Phi) is 3.09. The van der Waals surface area contributed by atoms with Crippen LogP contribution in [0.2, 0.25) is 0 Å². The minimum Gasteiger partial charge on any atom is -0.508 e. The van der Waals surface area contributed by atoms with Crippen LogP contribution in [0.15, 0.2) is 18.2 Å². The molecule has 0 aliphatic rings. The molecule has 0 radical (unpaired) electrons. The van der Waals surface area contributed by atoms with Gasteiger partial charge in [-0.05, 0) is 18.2 Å². The Morgan fingerprint density at radius 3 is 2.47 bits per heavy atom. The second kappa shape index (κ2) is 3.98. The third-order valence-electron chi connectivity index (χ3n) is 1.92. The highest BCUT2D eigenvalue weighted by molar-refractivity contribution is 5.41. The van der Waals surface area contributed by atoms with E-state index in [1.54, 1.807) is 0 Å². The molecule has 0 aliphatic carbocycles. The van der Waals surface area contributed by atoms with Crippen molar-refractivity contribution in [3.8, 4) is 11.5 Å². The number of ether oxygens (including phenoxy) is 1. The zero-order valence-corrected chi connectivity index (χ0v) is 7.88. The minimum atomic E-state index is -4.59. The molecule has 0 heterocycles. The molecule has 0 saturated carbocycles. The molecule has 6 heteroatoms. The summed E-state index contributed by atoms with van der Waals surface area (Å²) in [5.41, 5.74) is 4.55. The monoisotopic (exact) mass is 221 g/mol. The molecule has 0 fully saturated rings. The largest absolute Gasteiger partial charge is 0.508 e. The van der Waals surface area contributed by atoms with E-state index in [2.05, 4.69) is 0 Å². The van der Waals surface area contributed by atoms with E-state index in [9.17, 15) is 18.3 Å². The van der Waals surface area contributed by atoms with Gasteiger partial charge in [-0.15, -0.1) is 0 Å². The van der Waals surface area contributed by atoms with Gasteiger partial charge in [0, 0.05) is 5.56 Å². The lowest BCUT2D eigenvalue weighted by atomic mass is 10.1. The number of hydrogen-bond acceptors (Lipinski definition) is 3. The van der Waals surface area contributed by atoms with Gasteiger partial charge in [0.25, 0.3) is 0 Å². The molecule has 0 unspecified atom stereocenters. The predicted octanol–water partition coefficient (Wildman–Crippen LogP) is 1.96. The van der Waals surface area contributed by atoms with Crippen LogP contribution in [-0.4, -0.2) is 18.4 Å². The third-order valence-corrected chi connectivity index (χ3v) is 1.92. The van der Waals surface area contributed by atoms with Crippen LogP contribution in [0.1, 0.15) is 11.6 Å². The first-order chi connectivity index (χ1) is 6.86. The molecular weight excluding hydrogens is 211 g/mol. The second-order valence-electron chi connectivity index (χ2n) is 2.94. The highest BCUT2D eigenvalue weighted by Gasteiger charge is 2.39. The lowest BCUT2D eigenvalue weighted by Crippen LogP contribution is -2.28. The summed E-state index contributed by atoms with van der Waals surface area (Å²) in [5.74, 6) is -0.289. The van der Waals surface area contributed by atoms with E-state index in [-0.39, 0.29) is 5.75 Å². The van der Waals surface area contributed by atoms with E-state index >= 15 is 0 Å². The average Bonchev–Trinajstić information content (AvgIpc) is 2.16. The van der Waals surface area contributed by atoms with Crippen LogP contribution in [0.5, 0.6) is 11.5 Å². The van der Waals surface area contributed by atoms with Crippen molar-refractivity contribution < 1.29 is 23.0 Å². The van der Waals surface area contributed by atoms with Gasteiger partial charge in [0.2, 0.25) is 0 Å². The standard InChI is InChI=1S/C9H10F3NO2/c1-15-5-2-3-7(14)6(4-5)8(13)9(10,11)12/h2-4,8,14H,13H2,1H3/t8-/m0/s1. The highest BCUT2D eigenvalue weighted by Crippen LogP contribution is 2.36. The van der Waals surface area contributed by atoms with E-state index < -0.39 is 23.5 Å². The number of benzene rings is 1. The molecule has 1 aromatic rings. The van der Waals surface area contributed by atoms with Crippen LogP contribution < -0.4 is 10.5 Å². The summed E-state index contributed by atoms with van der Waals surface area (Å²) in [6, 6.07) is 1.31. The quantitative estimate of drug-likeness (QED) is 0.802. The van der Waals surface area contributed by atoms with E-state index in [0.717, 1.165) is 12.1 Å². The Hall–Kier alpha value is -1.43. The molecule has 15 heavy (non-hydrogen) atoms. The van der Waals surface area contributed by atoms with Gasteiger partial charge >= 0.3 is 6.18 Å². The molecule has 0 saturated heterocycles. The normalized spacial score (nSPS) is 13.7. The first-order valence-electron chi connectivity index (χ1n) is 4.05. The van der Waals surface area contributed by atoms with Crippen molar-refractivity contribution in [1.82, 2.24) is 0 Å². The Morgan fingerprint density at radius 1 is 1.40 bits per heavy atom. The van der Waals surface area contributed by atoms with Crippen LogP contribution >= 0.6 is 0 Å². The Balaban J connectivity index is 3.12. The Morgan fingerprint density at radius 2 is 2.00 bits per heavy atom. The van der Waals surface area contributed by atoms with Crippen LogP contribution in [-0.2, 0) is 0 Å². The number of phenols is 1. The average molecular weight is 221 g/mol. The van der Waals surface area contributed by atoms with Gasteiger partial charge < -0.3 is 15.6 Å². The van der Waals surface area contributed by atoms with Crippen molar-refractivity contribution in [2.24, 2.45) is 5.73 Å². The first-order valence-corrected chi connectivity index (χ1v) is 4.05. The minimum absolute atomic E-state index is 0.211. The zero-order chi connectivity index (χ0) is 11.6. The van der Waals surface area contributed by atoms with Crippen molar-refractivity contribution in [3.63, 3.8) is 0 Å². The molecule has 0 bridgehead atoms. The third kappa shape index (κ3) is 2.53. The lowest BCUT2D eigenvalue weighted by Gasteiger charge is -2.17. The van der Waals surface area contributed by atoms with Gasteiger partial charge in [-0.2, -0.15) is 13.2 Å². The predicted molar refractivity (Wildman–Crippen MR) is 47.6 cm³/mol. The smallest absolute Gasteiger partial charge is 0.407 e. The molecule has 0 aliphatic heterocycles. The van der Waals surface area contributed by atoms with Crippen LogP contribution in [0.4, 0.5) is 13.2 Å².